The number of ketones is 3. The maximum absolute atomic E-state index is 11.8. The van der Waals surface area contributed by atoms with Gasteiger partial charge in [0.15, 0.2) is 0 Å². The first kappa shape index (κ1) is 66.3. The van der Waals surface area contributed by atoms with E-state index in [1.54, 1.807) is 0 Å². The van der Waals surface area contributed by atoms with Crippen LogP contribution in [0.2, 0.25) is 0 Å². The first-order valence-corrected chi connectivity index (χ1v) is 28.5. The molecule has 0 radical (unpaired) electrons. The minimum absolute atomic E-state index is 0.140. The third-order valence-corrected chi connectivity index (χ3v) is 13.0. The average Bonchev–Trinajstić information content (AvgIpc) is 3.22. The van der Waals surface area contributed by atoms with E-state index in [1.165, 1.54) is 231 Å². The van der Waals surface area contributed by atoms with Crippen molar-refractivity contribution in [2.75, 3.05) is 0 Å². The Bertz CT molecular complexity index is 957. The maximum Gasteiger partial charge on any atom is 0.138 e. The van der Waals surface area contributed by atoms with Crippen molar-refractivity contribution in [1.82, 2.24) is 0 Å². The SMILES string of the molecule is CCCCCCCCCCCCCC(=O)C(C)(C)C.CCCCCCCCCCCCCCCC(=O)C(C)(C)C.CCCCCCCCCCCCCCCCCC(=O)C(C)(C)C. The molecule has 0 unspecified atom stereocenters. The van der Waals surface area contributed by atoms with Gasteiger partial charge in [-0.2, -0.15) is 0 Å². The zero-order valence-corrected chi connectivity index (χ0v) is 45.9. The molecule has 0 fully saturated rings. The van der Waals surface area contributed by atoms with Crippen LogP contribution >= 0.6 is 0 Å². The Morgan fingerprint density at radius 3 is 0.429 bits per heavy atom. The molecule has 0 saturated heterocycles. The van der Waals surface area contributed by atoms with E-state index in [1.807, 2.05) is 62.3 Å². The molecule has 0 aliphatic heterocycles. The molecule has 0 aliphatic rings. The summed E-state index contributed by atoms with van der Waals surface area (Å²) in [4.78, 5) is 35.3. The number of unbranched alkanes of at least 4 members (excludes halogenated alkanes) is 36. The molecule has 0 bridgehead atoms. The Kier molecular flexibility index (Phi) is 50.0. The van der Waals surface area contributed by atoms with E-state index >= 15 is 0 Å². The van der Waals surface area contributed by atoms with Crippen molar-refractivity contribution in [3.63, 3.8) is 0 Å². The molecule has 0 aromatic carbocycles. The van der Waals surface area contributed by atoms with Gasteiger partial charge in [0.05, 0.1) is 0 Å². The van der Waals surface area contributed by atoms with Gasteiger partial charge in [0.1, 0.15) is 17.3 Å². The van der Waals surface area contributed by atoms with E-state index in [0.717, 1.165) is 38.5 Å². The molecule has 0 aliphatic carbocycles. The van der Waals surface area contributed by atoms with Crippen molar-refractivity contribution in [1.29, 1.82) is 0 Å². The zero-order chi connectivity index (χ0) is 47.9. The van der Waals surface area contributed by atoms with Crippen LogP contribution in [0.5, 0.6) is 0 Å². The van der Waals surface area contributed by atoms with Crippen LogP contribution in [0.4, 0.5) is 0 Å². The van der Waals surface area contributed by atoms with Crippen molar-refractivity contribution in [3.8, 4) is 0 Å². The molecule has 63 heavy (non-hydrogen) atoms. The molecule has 0 atom stereocenters. The highest BCUT2D eigenvalue weighted by atomic mass is 16.1. The van der Waals surface area contributed by atoms with Gasteiger partial charge in [0.2, 0.25) is 0 Å². The molecule has 0 spiro atoms. The van der Waals surface area contributed by atoms with Crippen molar-refractivity contribution in [2.24, 2.45) is 16.2 Å². The van der Waals surface area contributed by atoms with Gasteiger partial charge >= 0.3 is 0 Å². The second kappa shape index (κ2) is 47.5. The van der Waals surface area contributed by atoms with Crippen LogP contribution in [0.1, 0.15) is 353 Å². The fraction of sp³-hybridized carbons (Fsp3) is 0.950. The zero-order valence-electron chi connectivity index (χ0n) is 45.9. The molecule has 0 heterocycles. The fourth-order valence-corrected chi connectivity index (χ4v) is 8.03. The number of rotatable bonds is 42. The van der Waals surface area contributed by atoms with Gasteiger partial charge in [0.25, 0.3) is 0 Å². The molecule has 0 saturated carbocycles. The Morgan fingerprint density at radius 2 is 0.317 bits per heavy atom. The standard InChI is InChI=1S/C22H44O.C20H40O.C18H36O/c1-5-6-7-8-9-10-11-12-13-14-15-16-17-18-19-20-21(23)22(2,3)4;1-5-6-7-8-9-10-11-12-13-14-15-16-17-18-19(21)20(2,3)4;1-5-6-7-8-9-10-11-12-13-14-15-16-17(19)18(2,3)4/h5-20H2,1-4H3;5-18H2,1-4H3;5-16H2,1-4H3. The summed E-state index contributed by atoms with van der Waals surface area (Å²) in [5, 5.41) is 0. The lowest BCUT2D eigenvalue weighted by atomic mass is 9.88. The van der Waals surface area contributed by atoms with Crippen molar-refractivity contribution < 1.29 is 14.4 Å². The highest BCUT2D eigenvalue weighted by Gasteiger charge is 2.21. The van der Waals surface area contributed by atoms with Crippen LogP contribution in [0.25, 0.3) is 0 Å². The van der Waals surface area contributed by atoms with Gasteiger partial charge in [0, 0.05) is 35.5 Å². The molecule has 0 amide bonds. The minimum Gasteiger partial charge on any atom is -0.299 e. The number of carbonyl (C=O) groups excluding carboxylic acids is 3. The lowest BCUT2D eigenvalue weighted by Crippen LogP contribution is -2.19. The van der Waals surface area contributed by atoms with E-state index in [0.29, 0.717) is 17.3 Å². The second-order valence-electron chi connectivity index (χ2n) is 23.0. The number of Topliss-reactive ketones (excluding diaryl/α,β-unsaturated/α-hetero) is 3. The molecule has 0 N–H and O–H groups in total. The highest BCUT2D eigenvalue weighted by molar-refractivity contribution is 5.84. The van der Waals surface area contributed by atoms with Gasteiger partial charge in [-0.05, 0) is 19.3 Å². The highest BCUT2D eigenvalue weighted by Crippen LogP contribution is 2.22. The first-order chi connectivity index (χ1) is 29.9. The number of carbonyl (C=O) groups is 3. The third-order valence-electron chi connectivity index (χ3n) is 13.0. The van der Waals surface area contributed by atoms with Gasteiger partial charge in [-0.3, -0.25) is 14.4 Å². The molecular weight excluding hydrogens is 769 g/mol. The summed E-state index contributed by atoms with van der Waals surface area (Å²) in [7, 11) is 0. The third kappa shape index (κ3) is 55.2. The Hall–Kier alpha value is -0.990. The Balaban J connectivity index is -0.000000861. The fourth-order valence-electron chi connectivity index (χ4n) is 8.03. The summed E-state index contributed by atoms with van der Waals surface area (Å²) in [5.41, 5.74) is -0.425. The summed E-state index contributed by atoms with van der Waals surface area (Å²) in [6.45, 7) is 25.1. The van der Waals surface area contributed by atoms with E-state index < -0.39 is 0 Å². The van der Waals surface area contributed by atoms with Crippen molar-refractivity contribution in [2.45, 2.75) is 353 Å². The van der Waals surface area contributed by atoms with E-state index in [-0.39, 0.29) is 16.2 Å². The predicted octanol–water partition coefficient (Wildman–Crippen LogP) is 21.2. The van der Waals surface area contributed by atoms with Crippen LogP contribution in [-0.2, 0) is 14.4 Å². The van der Waals surface area contributed by atoms with Crippen LogP contribution in [0.15, 0.2) is 0 Å². The predicted molar refractivity (Wildman–Crippen MR) is 284 cm³/mol. The molecular formula is C60H120O3. The van der Waals surface area contributed by atoms with Crippen LogP contribution in [-0.4, -0.2) is 17.3 Å². The number of hydrogen-bond acceptors (Lipinski definition) is 3. The first-order valence-electron chi connectivity index (χ1n) is 28.5. The molecule has 0 aromatic rings. The van der Waals surface area contributed by atoms with Crippen LogP contribution in [0.3, 0.4) is 0 Å². The van der Waals surface area contributed by atoms with Gasteiger partial charge in [-0.1, -0.05) is 314 Å². The van der Waals surface area contributed by atoms with Crippen molar-refractivity contribution in [3.05, 3.63) is 0 Å². The molecule has 0 rings (SSSR count). The monoisotopic (exact) mass is 889 g/mol. The lowest BCUT2D eigenvalue weighted by molar-refractivity contribution is -0.127. The maximum atomic E-state index is 11.8. The summed E-state index contributed by atoms with van der Waals surface area (Å²) in [6.07, 6.45) is 55.6. The summed E-state index contributed by atoms with van der Waals surface area (Å²) >= 11 is 0. The van der Waals surface area contributed by atoms with Crippen LogP contribution in [0, 0.1) is 16.2 Å². The van der Waals surface area contributed by atoms with Gasteiger partial charge in [-0.15, -0.1) is 0 Å². The minimum atomic E-state index is -0.143. The van der Waals surface area contributed by atoms with E-state index in [9.17, 15) is 14.4 Å². The summed E-state index contributed by atoms with van der Waals surface area (Å²) < 4.78 is 0. The van der Waals surface area contributed by atoms with Crippen LogP contribution < -0.4 is 0 Å². The smallest absolute Gasteiger partial charge is 0.138 e. The summed E-state index contributed by atoms with van der Waals surface area (Å²) in [6, 6.07) is 0. The normalized spacial score (nSPS) is 11.8. The molecule has 378 valence electrons. The second-order valence-corrected chi connectivity index (χ2v) is 23.0. The average molecular weight is 890 g/mol. The van der Waals surface area contributed by atoms with Crippen molar-refractivity contribution >= 4 is 17.3 Å². The largest absolute Gasteiger partial charge is 0.299 e. The topological polar surface area (TPSA) is 51.2 Å². The molecule has 0 aromatic heterocycles. The Labute approximate surface area is 399 Å². The van der Waals surface area contributed by atoms with Gasteiger partial charge in [-0.25, -0.2) is 0 Å². The number of hydrogen-bond donors (Lipinski definition) is 0. The Morgan fingerprint density at radius 1 is 0.206 bits per heavy atom. The molecule has 3 nitrogen and oxygen atoms in total. The lowest BCUT2D eigenvalue weighted by Gasteiger charge is -2.16. The summed E-state index contributed by atoms with van der Waals surface area (Å²) in [5.74, 6) is 1.26. The van der Waals surface area contributed by atoms with E-state index in [2.05, 4.69) is 20.8 Å². The molecule has 3 heteroatoms. The van der Waals surface area contributed by atoms with E-state index in [4.69, 9.17) is 0 Å². The van der Waals surface area contributed by atoms with Gasteiger partial charge < -0.3 is 0 Å². The quantitative estimate of drug-likeness (QED) is 0.0574.